The SMILES string of the molecule is C[C@H]1COCC[C@H]1Nc1ncc2nc(Nc3c(F)cccc3F)n([C@H]3CC[C@H](C(N)=O)CC3)c2n1. The van der Waals surface area contributed by atoms with Crippen molar-refractivity contribution in [3.05, 3.63) is 36.0 Å². The van der Waals surface area contributed by atoms with Crippen LogP contribution in [-0.2, 0) is 9.53 Å². The van der Waals surface area contributed by atoms with Gasteiger partial charge in [-0.1, -0.05) is 13.0 Å². The lowest BCUT2D eigenvalue weighted by Gasteiger charge is -2.30. The molecule has 1 amide bonds. The molecule has 1 aromatic carbocycles. The Balaban J connectivity index is 1.52. The van der Waals surface area contributed by atoms with E-state index in [1.165, 1.54) is 18.2 Å². The molecular formula is C24H29F2N7O2. The maximum Gasteiger partial charge on any atom is 0.224 e. The van der Waals surface area contributed by atoms with Crippen molar-refractivity contribution in [2.75, 3.05) is 23.8 Å². The van der Waals surface area contributed by atoms with Gasteiger partial charge in [0.2, 0.25) is 17.8 Å². The van der Waals surface area contributed by atoms with E-state index in [1.807, 2.05) is 4.57 Å². The predicted octanol–water partition coefficient (Wildman–Crippen LogP) is 3.90. The Kier molecular flexibility index (Phi) is 6.50. The van der Waals surface area contributed by atoms with Crippen molar-refractivity contribution in [3.8, 4) is 0 Å². The van der Waals surface area contributed by atoms with Gasteiger partial charge in [0.05, 0.1) is 12.8 Å². The molecule has 11 heteroatoms. The molecule has 3 heterocycles. The molecule has 1 aliphatic carbocycles. The number of ether oxygens (including phenoxy) is 1. The number of amides is 1. The fraction of sp³-hybridized carbons (Fsp3) is 0.500. The van der Waals surface area contributed by atoms with Crippen molar-refractivity contribution < 1.29 is 18.3 Å². The first kappa shape index (κ1) is 23.4. The minimum absolute atomic E-state index is 0.0716. The molecule has 0 radical (unpaired) electrons. The summed E-state index contributed by atoms with van der Waals surface area (Å²) in [6, 6.07) is 3.79. The van der Waals surface area contributed by atoms with Crippen LogP contribution in [0.4, 0.5) is 26.4 Å². The number of imidazole rings is 1. The molecule has 2 atom stereocenters. The fourth-order valence-corrected chi connectivity index (χ4v) is 5.00. The molecule has 3 aromatic rings. The maximum absolute atomic E-state index is 14.4. The summed E-state index contributed by atoms with van der Waals surface area (Å²) in [5.74, 6) is -0.873. The number of nitrogens with zero attached hydrogens (tertiary/aromatic N) is 4. The van der Waals surface area contributed by atoms with Crippen LogP contribution in [0.25, 0.3) is 11.2 Å². The minimum Gasteiger partial charge on any atom is -0.381 e. The lowest BCUT2D eigenvalue weighted by Crippen LogP contribution is -2.36. The molecule has 1 saturated heterocycles. The van der Waals surface area contributed by atoms with Gasteiger partial charge < -0.3 is 21.1 Å². The van der Waals surface area contributed by atoms with E-state index >= 15 is 0 Å². The first-order valence-electron chi connectivity index (χ1n) is 12.0. The second-order valence-electron chi connectivity index (χ2n) is 9.43. The van der Waals surface area contributed by atoms with Crippen LogP contribution < -0.4 is 16.4 Å². The van der Waals surface area contributed by atoms with Crippen LogP contribution in [0, 0.1) is 23.5 Å². The molecule has 35 heavy (non-hydrogen) atoms. The van der Waals surface area contributed by atoms with E-state index in [9.17, 15) is 13.6 Å². The normalized spacial score (nSPS) is 24.9. The fourth-order valence-electron chi connectivity index (χ4n) is 5.00. The molecule has 9 nitrogen and oxygen atoms in total. The Labute approximate surface area is 201 Å². The van der Waals surface area contributed by atoms with Gasteiger partial charge in [-0.2, -0.15) is 4.98 Å². The summed E-state index contributed by atoms with van der Waals surface area (Å²) in [6.45, 7) is 3.46. The van der Waals surface area contributed by atoms with Crippen LogP contribution in [0.5, 0.6) is 0 Å². The lowest BCUT2D eigenvalue weighted by atomic mass is 9.85. The number of anilines is 3. The Bertz CT molecular complexity index is 1210. The zero-order valence-corrected chi connectivity index (χ0v) is 19.5. The van der Waals surface area contributed by atoms with Crippen molar-refractivity contribution in [1.82, 2.24) is 19.5 Å². The molecule has 1 saturated carbocycles. The number of carbonyl (C=O) groups is 1. The topological polar surface area (TPSA) is 120 Å². The highest BCUT2D eigenvalue weighted by molar-refractivity contribution is 5.78. The second-order valence-corrected chi connectivity index (χ2v) is 9.43. The molecule has 2 aromatic heterocycles. The highest BCUT2D eigenvalue weighted by Crippen LogP contribution is 2.37. The number of fused-ring (bicyclic) bond motifs is 1. The van der Waals surface area contributed by atoms with Crippen LogP contribution in [0.15, 0.2) is 24.4 Å². The molecule has 1 aliphatic heterocycles. The van der Waals surface area contributed by atoms with Gasteiger partial charge in [-0.25, -0.2) is 18.7 Å². The number of hydrogen-bond donors (Lipinski definition) is 3. The first-order chi connectivity index (χ1) is 16.9. The Hall–Kier alpha value is -3.34. The van der Waals surface area contributed by atoms with Gasteiger partial charge in [-0.05, 0) is 50.2 Å². The maximum atomic E-state index is 14.4. The smallest absolute Gasteiger partial charge is 0.224 e. The zero-order valence-electron chi connectivity index (χ0n) is 19.5. The standard InChI is InChI=1S/C24H29F2N7O2/c1-13-12-35-10-9-18(13)29-23-28-11-19-22(32-23)33(15-7-5-14(6-8-15)21(27)34)24(30-19)31-20-16(25)3-2-4-17(20)26/h2-4,11,13-15,18H,5-10,12H2,1H3,(H2,27,34)(H,30,31)(H,28,29,32)/t13-,14-,15-,18+/m0/s1. The minimum atomic E-state index is -0.719. The van der Waals surface area contributed by atoms with Gasteiger partial charge in [-0.15, -0.1) is 0 Å². The third-order valence-electron chi connectivity index (χ3n) is 7.05. The second kappa shape index (κ2) is 9.73. The highest BCUT2D eigenvalue weighted by atomic mass is 19.1. The van der Waals surface area contributed by atoms with Crippen molar-refractivity contribution in [2.45, 2.75) is 51.1 Å². The van der Waals surface area contributed by atoms with E-state index in [1.54, 1.807) is 6.20 Å². The Morgan fingerprint density at radius 2 is 1.89 bits per heavy atom. The number of primary amides is 1. The Morgan fingerprint density at radius 3 is 2.57 bits per heavy atom. The molecule has 186 valence electrons. The van der Waals surface area contributed by atoms with Gasteiger partial charge in [0.15, 0.2) is 5.65 Å². The van der Waals surface area contributed by atoms with Crippen molar-refractivity contribution in [1.29, 1.82) is 0 Å². The molecule has 0 spiro atoms. The number of hydrogen-bond acceptors (Lipinski definition) is 7. The van der Waals surface area contributed by atoms with E-state index in [4.69, 9.17) is 15.5 Å². The van der Waals surface area contributed by atoms with Crippen LogP contribution in [-0.4, -0.2) is 44.7 Å². The molecule has 5 rings (SSSR count). The summed E-state index contributed by atoms with van der Waals surface area (Å²) in [6.07, 6.45) is 5.04. The van der Waals surface area contributed by atoms with Crippen LogP contribution in [0.3, 0.4) is 0 Å². The van der Waals surface area contributed by atoms with E-state index < -0.39 is 11.6 Å². The predicted molar refractivity (Wildman–Crippen MR) is 127 cm³/mol. The summed E-state index contributed by atoms with van der Waals surface area (Å²) in [5.41, 5.74) is 6.30. The number of benzene rings is 1. The number of para-hydroxylation sites is 1. The van der Waals surface area contributed by atoms with E-state index in [-0.39, 0.29) is 35.5 Å². The Morgan fingerprint density at radius 1 is 1.14 bits per heavy atom. The average molecular weight is 486 g/mol. The number of carbonyl (C=O) groups excluding carboxylic acids is 1. The van der Waals surface area contributed by atoms with Crippen molar-refractivity contribution in [2.24, 2.45) is 17.6 Å². The van der Waals surface area contributed by atoms with Crippen LogP contribution >= 0.6 is 0 Å². The molecule has 2 aliphatic rings. The highest BCUT2D eigenvalue weighted by Gasteiger charge is 2.30. The third-order valence-corrected chi connectivity index (χ3v) is 7.05. The van der Waals surface area contributed by atoms with Crippen molar-refractivity contribution >= 4 is 34.7 Å². The van der Waals surface area contributed by atoms with Gasteiger partial charge in [-0.3, -0.25) is 9.36 Å². The first-order valence-corrected chi connectivity index (χ1v) is 12.0. The van der Waals surface area contributed by atoms with Crippen LogP contribution in [0.2, 0.25) is 0 Å². The molecule has 0 unspecified atom stereocenters. The zero-order chi connectivity index (χ0) is 24.5. The third kappa shape index (κ3) is 4.77. The van der Waals surface area contributed by atoms with Crippen molar-refractivity contribution in [3.63, 3.8) is 0 Å². The summed E-state index contributed by atoms with van der Waals surface area (Å²) in [5, 5.41) is 6.25. The monoisotopic (exact) mass is 485 g/mol. The van der Waals surface area contributed by atoms with E-state index in [0.717, 1.165) is 6.42 Å². The van der Waals surface area contributed by atoms with Gasteiger partial charge in [0.25, 0.3) is 0 Å². The summed E-state index contributed by atoms with van der Waals surface area (Å²) in [7, 11) is 0. The van der Waals surface area contributed by atoms with Crippen LogP contribution in [0.1, 0.15) is 45.1 Å². The number of aromatic nitrogens is 4. The van der Waals surface area contributed by atoms with Gasteiger partial charge in [0, 0.05) is 24.6 Å². The summed E-state index contributed by atoms with van der Waals surface area (Å²) < 4.78 is 36.3. The molecular weight excluding hydrogens is 456 g/mol. The summed E-state index contributed by atoms with van der Waals surface area (Å²) >= 11 is 0. The van der Waals surface area contributed by atoms with E-state index in [0.29, 0.717) is 61.9 Å². The average Bonchev–Trinajstić information content (AvgIpc) is 3.20. The van der Waals surface area contributed by atoms with Gasteiger partial charge in [0.1, 0.15) is 22.8 Å². The lowest BCUT2D eigenvalue weighted by molar-refractivity contribution is -0.122. The number of nitrogens with one attached hydrogen (secondary N) is 2. The molecule has 4 N–H and O–H groups in total. The summed E-state index contributed by atoms with van der Waals surface area (Å²) in [4.78, 5) is 25.4. The number of halogens is 2. The molecule has 2 fully saturated rings. The number of nitrogens with two attached hydrogens (primary N) is 1. The van der Waals surface area contributed by atoms with Gasteiger partial charge >= 0.3 is 0 Å². The van der Waals surface area contributed by atoms with E-state index in [2.05, 4.69) is 27.5 Å². The molecule has 0 bridgehead atoms. The quantitative estimate of drug-likeness (QED) is 0.484. The number of rotatable bonds is 6. The largest absolute Gasteiger partial charge is 0.381 e.